The Hall–Kier alpha value is -1.87. The van der Waals surface area contributed by atoms with Gasteiger partial charge in [0.15, 0.2) is 0 Å². The molecule has 3 nitrogen and oxygen atoms in total. The molecule has 0 bridgehead atoms. The van der Waals surface area contributed by atoms with E-state index in [0.29, 0.717) is 0 Å². The highest BCUT2D eigenvalue weighted by Gasteiger charge is 2.27. The van der Waals surface area contributed by atoms with E-state index in [2.05, 4.69) is 0 Å². The summed E-state index contributed by atoms with van der Waals surface area (Å²) in [6.45, 7) is 5.89. The summed E-state index contributed by atoms with van der Waals surface area (Å²) < 4.78 is 11.0. The molecular formula is C16H18O3. The third-order valence-electron chi connectivity index (χ3n) is 2.83. The van der Waals surface area contributed by atoms with Gasteiger partial charge in [-0.1, -0.05) is 42.0 Å². The van der Waals surface area contributed by atoms with Crippen LogP contribution in [0.15, 0.2) is 53.6 Å². The van der Waals surface area contributed by atoms with E-state index in [9.17, 15) is 4.79 Å². The molecule has 2 atom stereocenters. The van der Waals surface area contributed by atoms with Crippen molar-refractivity contribution in [2.75, 3.05) is 0 Å². The quantitative estimate of drug-likeness (QED) is 0.775. The van der Waals surface area contributed by atoms with Gasteiger partial charge in [-0.05, 0) is 26.3 Å². The summed E-state index contributed by atoms with van der Waals surface area (Å²) in [5, 5.41) is 0. The number of hydrogen-bond donors (Lipinski definition) is 0. The number of hydrogen-bond acceptors (Lipinski definition) is 3. The Kier molecular flexibility index (Phi) is 4.17. The standard InChI is InChI=1S/C16H18O3/c1-11(2)9-14-10-15(17)19-16(14)18-12(3)13-7-5-4-6-8-13/h4-10,12,16H,1-3H3. The summed E-state index contributed by atoms with van der Waals surface area (Å²) in [4.78, 5) is 11.4. The van der Waals surface area contributed by atoms with Gasteiger partial charge in [0.25, 0.3) is 0 Å². The van der Waals surface area contributed by atoms with E-state index >= 15 is 0 Å². The first-order valence-corrected chi connectivity index (χ1v) is 6.34. The first-order valence-electron chi connectivity index (χ1n) is 6.34. The summed E-state index contributed by atoms with van der Waals surface area (Å²) >= 11 is 0. The summed E-state index contributed by atoms with van der Waals surface area (Å²) in [6, 6.07) is 9.86. The first-order chi connectivity index (χ1) is 9.06. The van der Waals surface area contributed by atoms with Gasteiger partial charge in [-0.2, -0.15) is 0 Å². The predicted molar refractivity (Wildman–Crippen MR) is 73.3 cm³/mol. The Labute approximate surface area is 113 Å². The Balaban J connectivity index is 2.09. The third-order valence-corrected chi connectivity index (χ3v) is 2.83. The average molecular weight is 258 g/mol. The van der Waals surface area contributed by atoms with Crippen molar-refractivity contribution in [1.29, 1.82) is 0 Å². The van der Waals surface area contributed by atoms with E-state index in [0.717, 1.165) is 16.7 Å². The molecule has 1 aromatic rings. The number of carbonyl (C=O) groups is 1. The van der Waals surface area contributed by atoms with Crippen molar-refractivity contribution in [3.05, 3.63) is 59.2 Å². The van der Waals surface area contributed by atoms with Gasteiger partial charge in [-0.3, -0.25) is 0 Å². The summed E-state index contributed by atoms with van der Waals surface area (Å²) in [5.41, 5.74) is 2.93. The molecule has 0 aromatic heterocycles. The number of carbonyl (C=O) groups excluding carboxylic acids is 1. The monoisotopic (exact) mass is 258 g/mol. The minimum absolute atomic E-state index is 0.133. The highest BCUT2D eigenvalue weighted by atomic mass is 16.7. The number of cyclic esters (lactones) is 1. The lowest BCUT2D eigenvalue weighted by molar-refractivity contribution is -0.166. The van der Waals surface area contributed by atoms with Crippen molar-refractivity contribution in [3.8, 4) is 0 Å². The van der Waals surface area contributed by atoms with Gasteiger partial charge in [0.1, 0.15) is 0 Å². The van der Waals surface area contributed by atoms with Gasteiger partial charge in [0, 0.05) is 11.6 Å². The van der Waals surface area contributed by atoms with Crippen molar-refractivity contribution < 1.29 is 14.3 Å². The molecule has 0 amide bonds. The van der Waals surface area contributed by atoms with Gasteiger partial charge in [-0.25, -0.2) is 4.79 Å². The van der Waals surface area contributed by atoms with Gasteiger partial charge in [0.2, 0.25) is 6.29 Å². The first kappa shape index (κ1) is 13.6. The lowest BCUT2D eigenvalue weighted by atomic mass is 10.1. The van der Waals surface area contributed by atoms with Gasteiger partial charge in [-0.15, -0.1) is 0 Å². The topological polar surface area (TPSA) is 35.5 Å². The van der Waals surface area contributed by atoms with Crippen LogP contribution in [0.3, 0.4) is 0 Å². The molecule has 0 radical (unpaired) electrons. The van der Waals surface area contributed by atoms with Crippen molar-refractivity contribution in [2.24, 2.45) is 0 Å². The van der Waals surface area contributed by atoms with Gasteiger partial charge < -0.3 is 9.47 Å². The predicted octanol–water partition coefficient (Wildman–Crippen LogP) is 3.54. The summed E-state index contributed by atoms with van der Waals surface area (Å²) in [7, 11) is 0. The lowest BCUT2D eigenvalue weighted by Crippen LogP contribution is -2.18. The van der Waals surface area contributed by atoms with Crippen LogP contribution in [0.2, 0.25) is 0 Å². The Morgan fingerprint density at radius 1 is 1.32 bits per heavy atom. The summed E-state index contributed by atoms with van der Waals surface area (Å²) in [5.74, 6) is -0.349. The molecule has 1 aromatic carbocycles. The number of allylic oxidation sites excluding steroid dienone is 1. The zero-order chi connectivity index (χ0) is 13.8. The van der Waals surface area contributed by atoms with Crippen LogP contribution in [0.4, 0.5) is 0 Å². The number of esters is 1. The van der Waals surface area contributed by atoms with E-state index in [1.54, 1.807) is 0 Å². The molecule has 3 heteroatoms. The highest BCUT2D eigenvalue weighted by molar-refractivity contribution is 5.86. The molecule has 0 N–H and O–H groups in total. The second-order valence-corrected chi connectivity index (χ2v) is 4.82. The van der Waals surface area contributed by atoms with Crippen LogP contribution < -0.4 is 0 Å². The molecule has 0 saturated carbocycles. The third kappa shape index (κ3) is 3.55. The zero-order valence-electron chi connectivity index (χ0n) is 11.4. The van der Waals surface area contributed by atoms with Crippen LogP contribution in [-0.4, -0.2) is 12.3 Å². The second kappa shape index (κ2) is 5.85. The molecule has 2 rings (SSSR count). The van der Waals surface area contributed by atoms with E-state index in [4.69, 9.17) is 9.47 Å². The molecule has 1 aliphatic heterocycles. The molecule has 2 unspecified atom stereocenters. The maximum Gasteiger partial charge on any atom is 0.333 e. The van der Waals surface area contributed by atoms with Crippen molar-refractivity contribution in [2.45, 2.75) is 33.2 Å². The number of benzene rings is 1. The van der Waals surface area contributed by atoms with E-state index in [-0.39, 0.29) is 12.1 Å². The fourth-order valence-corrected chi connectivity index (χ4v) is 1.95. The maximum absolute atomic E-state index is 11.4. The minimum atomic E-state index is -0.613. The molecule has 1 aliphatic rings. The van der Waals surface area contributed by atoms with Crippen LogP contribution in [0.1, 0.15) is 32.4 Å². The van der Waals surface area contributed by atoms with E-state index < -0.39 is 6.29 Å². The Morgan fingerprint density at radius 2 is 2.00 bits per heavy atom. The fourth-order valence-electron chi connectivity index (χ4n) is 1.95. The summed E-state index contributed by atoms with van der Waals surface area (Å²) in [6.07, 6.45) is 2.64. The van der Waals surface area contributed by atoms with E-state index in [1.165, 1.54) is 6.08 Å². The van der Waals surface area contributed by atoms with Crippen LogP contribution >= 0.6 is 0 Å². The Morgan fingerprint density at radius 3 is 2.63 bits per heavy atom. The van der Waals surface area contributed by atoms with E-state index in [1.807, 2.05) is 57.2 Å². The van der Waals surface area contributed by atoms with Crippen LogP contribution in [0.5, 0.6) is 0 Å². The van der Waals surface area contributed by atoms with Crippen molar-refractivity contribution in [1.82, 2.24) is 0 Å². The smallest absolute Gasteiger partial charge is 0.333 e. The SMILES string of the molecule is CC(C)=CC1=CC(=O)OC1OC(C)c1ccccc1. The fraction of sp³-hybridized carbons (Fsp3) is 0.312. The normalized spacial score (nSPS) is 19.6. The van der Waals surface area contributed by atoms with Crippen LogP contribution in [0, 0.1) is 0 Å². The van der Waals surface area contributed by atoms with Crippen LogP contribution in [0.25, 0.3) is 0 Å². The van der Waals surface area contributed by atoms with Gasteiger partial charge in [0.05, 0.1) is 6.10 Å². The maximum atomic E-state index is 11.4. The Bertz CT molecular complexity index is 510. The molecule has 0 spiro atoms. The molecular weight excluding hydrogens is 240 g/mol. The van der Waals surface area contributed by atoms with Crippen molar-refractivity contribution >= 4 is 5.97 Å². The van der Waals surface area contributed by atoms with Crippen molar-refractivity contribution in [3.63, 3.8) is 0 Å². The average Bonchev–Trinajstić information content (AvgIpc) is 2.69. The second-order valence-electron chi connectivity index (χ2n) is 4.82. The largest absolute Gasteiger partial charge is 0.428 e. The minimum Gasteiger partial charge on any atom is -0.428 e. The zero-order valence-corrected chi connectivity index (χ0v) is 11.4. The van der Waals surface area contributed by atoms with Crippen LogP contribution in [-0.2, 0) is 14.3 Å². The molecule has 0 fully saturated rings. The highest BCUT2D eigenvalue weighted by Crippen LogP contribution is 2.26. The molecule has 19 heavy (non-hydrogen) atoms. The lowest BCUT2D eigenvalue weighted by Gasteiger charge is -2.19. The molecule has 100 valence electrons. The van der Waals surface area contributed by atoms with Gasteiger partial charge >= 0.3 is 5.97 Å². The molecule has 0 saturated heterocycles. The number of ether oxygens (including phenoxy) is 2. The molecule has 1 heterocycles. The molecule has 0 aliphatic carbocycles. The number of rotatable bonds is 4.